The number of hydrogen-bond acceptors (Lipinski definition) is 3. The predicted octanol–water partition coefficient (Wildman–Crippen LogP) is 2.76. The van der Waals surface area contributed by atoms with Gasteiger partial charge in [0.25, 0.3) is 5.91 Å². The molecule has 2 saturated carbocycles. The van der Waals surface area contributed by atoms with Gasteiger partial charge in [0.1, 0.15) is 5.69 Å². The molecule has 2 N–H and O–H groups in total. The van der Waals surface area contributed by atoms with E-state index in [0.29, 0.717) is 24.6 Å². The van der Waals surface area contributed by atoms with Crippen LogP contribution in [0.25, 0.3) is 0 Å². The highest BCUT2D eigenvalue weighted by molar-refractivity contribution is 5.92. The number of carbonyl (C=O) groups is 2. The number of amides is 1. The van der Waals surface area contributed by atoms with E-state index in [2.05, 4.69) is 10.4 Å². The van der Waals surface area contributed by atoms with E-state index < -0.39 is 11.4 Å². The Labute approximate surface area is 136 Å². The Bertz CT molecular complexity index is 569. The van der Waals surface area contributed by atoms with Crippen LogP contribution in [0.1, 0.15) is 74.3 Å². The van der Waals surface area contributed by atoms with Crippen molar-refractivity contribution in [1.82, 2.24) is 15.1 Å². The van der Waals surface area contributed by atoms with E-state index in [4.69, 9.17) is 0 Å². The second-order valence-corrected chi connectivity index (χ2v) is 6.95. The van der Waals surface area contributed by atoms with Crippen LogP contribution < -0.4 is 5.32 Å². The molecule has 0 bridgehead atoms. The molecule has 1 aromatic rings. The molecule has 2 fully saturated rings. The summed E-state index contributed by atoms with van der Waals surface area (Å²) in [5, 5.41) is 16.7. The quantitative estimate of drug-likeness (QED) is 0.874. The van der Waals surface area contributed by atoms with Crippen molar-refractivity contribution >= 4 is 11.9 Å². The summed E-state index contributed by atoms with van der Waals surface area (Å²) in [6.07, 6.45) is 10.7. The molecule has 2 aliphatic carbocycles. The van der Waals surface area contributed by atoms with Crippen LogP contribution in [-0.2, 0) is 4.79 Å². The van der Waals surface area contributed by atoms with Crippen molar-refractivity contribution in [3.8, 4) is 0 Å². The summed E-state index contributed by atoms with van der Waals surface area (Å²) in [6, 6.07) is 2.13. The van der Waals surface area contributed by atoms with Crippen LogP contribution in [0.4, 0.5) is 0 Å². The number of aromatic nitrogens is 2. The highest BCUT2D eigenvalue weighted by Crippen LogP contribution is 2.36. The molecule has 1 heterocycles. The van der Waals surface area contributed by atoms with Gasteiger partial charge in [0.2, 0.25) is 0 Å². The summed E-state index contributed by atoms with van der Waals surface area (Å²) in [6.45, 7) is 0.192. The molecule has 1 aromatic heterocycles. The number of carboxylic acid groups (broad SMARTS) is 1. The van der Waals surface area contributed by atoms with Crippen molar-refractivity contribution in [2.75, 3.05) is 6.54 Å². The lowest BCUT2D eigenvalue weighted by atomic mass is 9.74. The molecule has 3 rings (SSSR count). The molecule has 126 valence electrons. The van der Waals surface area contributed by atoms with Crippen molar-refractivity contribution in [2.45, 2.75) is 63.8 Å². The number of nitrogens with zero attached hydrogens (tertiary/aromatic N) is 2. The minimum Gasteiger partial charge on any atom is -0.481 e. The molecular formula is C17H25N3O3. The molecule has 1 amide bonds. The standard InChI is InChI=1S/C17H25N3O3/c21-15(14-8-11-20(19-14)13-6-2-3-7-13)18-12-17(16(22)23)9-4-1-5-10-17/h8,11,13H,1-7,9-10,12H2,(H,18,21)(H,22,23). The lowest BCUT2D eigenvalue weighted by Gasteiger charge is -2.33. The highest BCUT2D eigenvalue weighted by atomic mass is 16.4. The SMILES string of the molecule is O=C(NCC1(C(=O)O)CCCCC1)c1ccn(C2CCCC2)n1. The van der Waals surface area contributed by atoms with Crippen molar-refractivity contribution in [2.24, 2.45) is 5.41 Å². The van der Waals surface area contributed by atoms with Gasteiger partial charge in [-0.3, -0.25) is 14.3 Å². The minimum atomic E-state index is -0.804. The largest absolute Gasteiger partial charge is 0.481 e. The van der Waals surface area contributed by atoms with Gasteiger partial charge in [0, 0.05) is 12.7 Å². The maximum absolute atomic E-state index is 12.3. The zero-order chi connectivity index (χ0) is 16.3. The molecule has 0 aromatic carbocycles. The Hall–Kier alpha value is -1.85. The first-order chi connectivity index (χ1) is 11.1. The Morgan fingerprint density at radius 2 is 1.91 bits per heavy atom. The van der Waals surface area contributed by atoms with Gasteiger partial charge in [-0.2, -0.15) is 5.10 Å². The van der Waals surface area contributed by atoms with Crippen molar-refractivity contribution in [1.29, 1.82) is 0 Å². The van der Waals surface area contributed by atoms with E-state index in [1.54, 1.807) is 6.07 Å². The maximum Gasteiger partial charge on any atom is 0.311 e. The molecule has 0 atom stereocenters. The van der Waals surface area contributed by atoms with E-state index >= 15 is 0 Å². The van der Waals surface area contributed by atoms with Crippen LogP contribution >= 0.6 is 0 Å². The topological polar surface area (TPSA) is 84.2 Å². The Balaban J connectivity index is 1.61. The van der Waals surface area contributed by atoms with Gasteiger partial charge in [0.15, 0.2) is 0 Å². The number of carboxylic acids is 1. The molecule has 0 unspecified atom stereocenters. The maximum atomic E-state index is 12.3. The lowest BCUT2D eigenvalue weighted by molar-refractivity contribution is -0.150. The van der Waals surface area contributed by atoms with Gasteiger partial charge in [-0.1, -0.05) is 32.1 Å². The molecule has 2 aliphatic rings. The first-order valence-corrected chi connectivity index (χ1v) is 8.67. The van der Waals surface area contributed by atoms with Gasteiger partial charge in [-0.25, -0.2) is 0 Å². The Kier molecular flexibility index (Phi) is 4.68. The van der Waals surface area contributed by atoms with Crippen molar-refractivity contribution in [3.05, 3.63) is 18.0 Å². The average Bonchev–Trinajstić information content (AvgIpc) is 3.24. The summed E-state index contributed by atoms with van der Waals surface area (Å²) in [7, 11) is 0. The second kappa shape index (κ2) is 6.72. The fourth-order valence-electron chi connectivity index (χ4n) is 3.87. The molecule has 0 aliphatic heterocycles. The zero-order valence-corrected chi connectivity index (χ0v) is 13.5. The van der Waals surface area contributed by atoms with Crippen LogP contribution in [-0.4, -0.2) is 33.3 Å². The number of hydrogen-bond donors (Lipinski definition) is 2. The summed E-state index contributed by atoms with van der Waals surface area (Å²) < 4.78 is 1.88. The summed E-state index contributed by atoms with van der Waals surface area (Å²) >= 11 is 0. The van der Waals surface area contributed by atoms with Crippen LogP contribution in [0, 0.1) is 5.41 Å². The fraction of sp³-hybridized carbons (Fsp3) is 0.706. The fourth-order valence-corrected chi connectivity index (χ4v) is 3.87. The molecule has 0 radical (unpaired) electrons. The van der Waals surface area contributed by atoms with Crippen LogP contribution in [0.15, 0.2) is 12.3 Å². The van der Waals surface area contributed by atoms with Gasteiger partial charge in [-0.15, -0.1) is 0 Å². The summed E-state index contributed by atoms with van der Waals surface area (Å²) in [5.41, 5.74) is -0.421. The van der Waals surface area contributed by atoms with Crippen molar-refractivity contribution in [3.63, 3.8) is 0 Å². The third kappa shape index (κ3) is 3.41. The van der Waals surface area contributed by atoms with E-state index in [-0.39, 0.29) is 12.5 Å². The molecule has 6 nitrogen and oxygen atoms in total. The average molecular weight is 319 g/mol. The molecule has 0 saturated heterocycles. The van der Waals surface area contributed by atoms with Crippen molar-refractivity contribution < 1.29 is 14.7 Å². The minimum absolute atomic E-state index is 0.192. The highest BCUT2D eigenvalue weighted by Gasteiger charge is 2.39. The van der Waals surface area contributed by atoms with E-state index in [0.717, 1.165) is 32.1 Å². The molecule has 6 heteroatoms. The first kappa shape index (κ1) is 16.0. The molecular weight excluding hydrogens is 294 g/mol. The lowest BCUT2D eigenvalue weighted by Crippen LogP contribution is -2.44. The van der Waals surface area contributed by atoms with Gasteiger partial charge in [0.05, 0.1) is 11.5 Å². The zero-order valence-electron chi connectivity index (χ0n) is 13.5. The normalized spacial score (nSPS) is 21.2. The number of aliphatic carboxylic acids is 1. The van der Waals surface area contributed by atoms with E-state index in [1.165, 1.54) is 12.8 Å². The van der Waals surface area contributed by atoms with E-state index in [9.17, 15) is 14.7 Å². The first-order valence-electron chi connectivity index (χ1n) is 8.67. The Morgan fingerprint density at radius 3 is 2.57 bits per heavy atom. The van der Waals surface area contributed by atoms with Crippen LogP contribution in [0.5, 0.6) is 0 Å². The molecule has 23 heavy (non-hydrogen) atoms. The number of rotatable bonds is 5. The van der Waals surface area contributed by atoms with Gasteiger partial charge in [-0.05, 0) is 31.7 Å². The van der Waals surface area contributed by atoms with Crippen LogP contribution in [0.2, 0.25) is 0 Å². The smallest absolute Gasteiger partial charge is 0.311 e. The third-order valence-corrected chi connectivity index (χ3v) is 5.39. The summed E-state index contributed by atoms with van der Waals surface area (Å²) in [5.74, 6) is -1.07. The number of carbonyl (C=O) groups excluding carboxylic acids is 1. The third-order valence-electron chi connectivity index (χ3n) is 5.39. The second-order valence-electron chi connectivity index (χ2n) is 6.95. The Morgan fingerprint density at radius 1 is 1.22 bits per heavy atom. The number of nitrogens with one attached hydrogen (secondary N) is 1. The summed E-state index contributed by atoms with van der Waals surface area (Å²) in [4.78, 5) is 23.9. The predicted molar refractivity (Wildman–Crippen MR) is 85.2 cm³/mol. The van der Waals surface area contributed by atoms with Crippen LogP contribution in [0.3, 0.4) is 0 Å². The van der Waals surface area contributed by atoms with Gasteiger partial charge >= 0.3 is 5.97 Å². The monoisotopic (exact) mass is 319 g/mol. The van der Waals surface area contributed by atoms with E-state index in [1.807, 2.05) is 10.9 Å². The van der Waals surface area contributed by atoms with Gasteiger partial charge < -0.3 is 10.4 Å². The molecule has 0 spiro atoms.